The van der Waals surface area contributed by atoms with E-state index in [-0.39, 0.29) is 5.69 Å². The summed E-state index contributed by atoms with van der Waals surface area (Å²) in [6, 6.07) is 4.45. The first-order valence-corrected chi connectivity index (χ1v) is 6.56. The minimum absolute atomic E-state index is 0.282. The van der Waals surface area contributed by atoms with Crippen LogP contribution in [-0.2, 0) is 6.42 Å². The topological polar surface area (TPSA) is 47.0 Å². The molecule has 1 N–H and O–H groups in total. The average Bonchev–Trinajstić information content (AvgIpc) is 2.45. The van der Waals surface area contributed by atoms with Crippen molar-refractivity contribution in [1.29, 1.82) is 0 Å². The molecule has 0 atom stereocenters. The summed E-state index contributed by atoms with van der Waals surface area (Å²) in [5.41, 5.74) is 0.954. The maximum absolute atomic E-state index is 13.8. The molecule has 106 valence electrons. The van der Waals surface area contributed by atoms with Crippen molar-refractivity contribution in [2.45, 2.75) is 20.3 Å². The maximum Gasteiger partial charge on any atom is 0.146 e. The van der Waals surface area contributed by atoms with Gasteiger partial charge >= 0.3 is 0 Å². The SMILES string of the molecule is CCc1nc(Cl)c(C)c(Nc2cc(OC)ccc2F)n1. The minimum atomic E-state index is -0.391. The summed E-state index contributed by atoms with van der Waals surface area (Å²) in [6.07, 6.45) is 0.648. The maximum atomic E-state index is 13.8. The van der Waals surface area contributed by atoms with Crippen molar-refractivity contribution in [2.24, 2.45) is 0 Å². The van der Waals surface area contributed by atoms with Crippen LogP contribution >= 0.6 is 11.6 Å². The number of aryl methyl sites for hydroxylation is 1. The van der Waals surface area contributed by atoms with E-state index in [1.807, 2.05) is 6.92 Å². The van der Waals surface area contributed by atoms with Crippen LogP contribution in [0.5, 0.6) is 5.75 Å². The van der Waals surface area contributed by atoms with Gasteiger partial charge < -0.3 is 10.1 Å². The van der Waals surface area contributed by atoms with Gasteiger partial charge in [-0.05, 0) is 19.1 Å². The van der Waals surface area contributed by atoms with E-state index in [0.717, 1.165) is 0 Å². The fourth-order valence-electron chi connectivity index (χ4n) is 1.67. The first-order chi connectivity index (χ1) is 9.55. The number of anilines is 2. The predicted molar refractivity (Wildman–Crippen MR) is 77.4 cm³/mol. The first-order valence-electron chi connectivity index (χ1n) is 6.18. The van der Waals surface area contributed by atoms with Crippen molar-refractivity contribution in [3.63, 3.8) is 0 Å². The molecule has 0 spiro atoms. The lowest BCUT2D eigenvalue weighted by molar-refractivity contribution is 0.414. The lowest BCUT2D eigenvalue weighted by Gasteiger charge is -2.12. The van der Waals surface area contributed by atoms with Gasteiger partial charge in [-0.1, -0.05) is 18.5 Å². The molecule has 0 aliphatic heterocycles. The Morgan fingerprint density at radius 1 is 1.35 bits per heavy atom. The van der Waals surface area contributed by atoms with Crippen LogP contribution in [0.25, 0.3) is 0 Å². The van der Waals surface area contributed by atoms with E-state index in [2.05, 4.69) is 15.3 Å². The number of ether oxygens (including phenoxy) is 1. The first kappa shape index (κ1) is 14.5. The van der Waals surface area contributed by atoms with Gasteiger partial charge in [-0.2, -0.15) is 0 Å². The molecule has 0 bridgehead atoms. The summed E-state index contributed by atoms with van der Waals surface area (Å²) in [6.45, 7) is 3.71. The zero-order valence-corrected chi connectivity index (χ0v) is 12.3. The molecule has 0 aliphatic carbocycles. The zero-order valence-electron chi connectivity index (χ0n) is 11.5. The number of nitrogens with zero attached hydrogens (tertiary/aromatic N) is 2. The standard InChI is InChI=1S/C14H15ClFN3O/c1-4-12-18-13(15)8(2)14(19-12)17-11-7-9(20-3)5-6-10(11)16/h5-7H,4H2,1-3H3,(H,17,18,19). The van der Waals surface area contributed by atoms with Crippen LogP contribution in [-0.4, -0.2) is 17.1 Å². The normalized spacial score (nSPS) is 10.4. The highest BCUT2D eigenvalue weighted by atomic mass is 35.5. The number of rotatable bonds is 4. The van der Waals surface area contributed by atoms with E-state index in [9.17, 15) is 4.39 Å². The van der Waals surface area contributed by atoms with Gasteiger partial charge in [-0.3, -0.25) is 0 Å². The van der Waals surface area contributed by atoms with Crippen LogP contribution in [0.4, 0.5) is 15.9 Å². The van der Waals surface area contributed by atoms with Crippen LogP contribution in [0.2, 0.25) is 5.15 Å². The second-order valence-electron chi connectivity index (χ2n) is 4.23. The molecule has 0 saturated carbocycles. The largest absolute Gasteiger partial charge is 0.497 e. The molecular weight excluding hydrogens is 281 g/mol. The average molecular weight is 296 g/mol. The molecule has 0 fully saturated rings. The van der Waals surface area contributed by atoms with E-state index >= 15 is 0 Å². The second-order valence-corrected chi connectivity index (χ2v) is 4.59. The fraction of sp³-hybridized carbons (Fsp3) is 0.286. The molecular formula is C14H15ClFN3O. The van der Waals surface area contributed by atoms with Gasteiger partial charge in [0.25, 0.3) is 0 Å². The number of hydrogen-bond acceptors (Lipinski definition) is 4. The van der Waals surface area contributed by atoms with Crippen LogP contribution < -0.4 is 10.1 Å². The van der Waals surface area contributed by atoms with E-state index < -0.39 is 5.82 Å². The fourth-order valence-corrected chi connectivity index (χ4v) is 1.85. The third kappa shape index (κ3) is 2.99. The van der Waals surface area contributed by atoms with Crippen molar-refractivity contribution in [3.8, 4) is 5.75 Å². The molecule has 0 radical (unpaired) electrons. The number of nitrogens with one attached hydrogen (secondary N) is 1. The number of aromatic nitrogens is 2. The number of methoxy groups -OCH3 is 1. The Morgan fingerprint density at radius 3 is 2.75 bits per heavy atom. The molecule has 4 nitrogen and oxygen atoms in total. The van der Waals surface area contributed by atoms with Crippen LogP contribution in [0.3, 0.4) is 0 Å². The summed E-state index contributed by atoms with van der Waals surface area (Å²) in [5.74, 6) is 1.26. The van der Waals surface area contributed by atoms with Crippen LogP contribution in [0.1, 0.15) is 18.3 Å². The molecule has 0 aliphatic rings. The van der Waals surface area contributed by atoms with Crippen molar-refractivity contribution >= 4 is 23.1 Å². The van der Waals surface area contributed by atoms with Gasteiger partial charge in [0, 0.05) is 18.1 Å². The summed E-state index contributed by atoms with van der Waals surface area (Å²) in [5, 5.41) is 3.30. The molecule has 1 aromatic carbocycles. The van der Waals surface area contributed by atoms with Gasteiger partial charge in [-0.25, -0.2) is 14.4 Å². The minimum Gasteiger partial charge on any atom is -0.497 e. The third-order valence-electron chi connectivity index (χ3n) is 2.88. The molecule has 2 rings (SSSR count). The van der Waals surface area contributed by atoms with E-state index in [0.29, 0.717) is 34.5 Å². The van der Waals surface area contributed by atoms with E-state index in [1.165, 1.54) is 13.2 Å². The van der Waals surface area contributed by atoms with Gasteiger partial charge in [0.05, 0.1) is 12.8 Å². The van der Waals surface area contributed by atoms with Crippen molar-refractivity contribution in [2.75, 3.05) is 12.4 Å². The van der Waals surface area contributed by atoms with Gasteiger partial charge in [0.1, 0.15) is 28.4 Å². The predicted octanol–water partition coefficient (Wildman–Crippen LogP) is 3.89. The van der Waals surface area contributed by atoms with Crippen LogP contribution in [0.15, 0.2) is 18.2 Å². The van der Waals surface area contributed by atoms with Gasteiger partial charge in [-0.15, -0.1) is 0 Å². The Labute approximate surface area is 122 Å². The van der Waals surface area contributed by atoms with Crippen LogP contribution in [0, 0.1) is 12.7 Å². The highest BCUT2D eigenvalue weighted by Gasteiger charge is 2.11. The van der Waals surface area contributed by atoms with Crippen molar-refractivity contribution in [3.05, 3.63) is 40.6 Å². The quantitative estimate of drug-likeness (QED) is 0.869. The lowest BCUT2D eigenvalue weighted by atomic mass is 10.2. The summed E-state index contributed by atoms with van der Waals surface area (Å²) in [4.78, 5) is 8.47. The molecule has 1 heterocycles. The molecule has 20 heavy (non-hydrogen) atoms. The van der Waals surface area contributed by atoms with Gasteiger partial charge in [0.15, 0.2) is 0 Å². The summed E-state index contributed by atoms with van der Waals surface area (Å²) < 4.78 is 18.9. The molecule has 1 aromatic heterocycles. The highest BCUT2D eigenvalue weighted by molar-refractivity contribution is 6.30. The Bertz CT molecular complexity index is 634. The summed E-state index contributed by atoms with van der Waals surface area (Å²) >= 11 is 6.05. The number of benzene rings is 1. The zero-order chi connectivity index (χ0) is 14.7. The van der Waals surface area contributed by atoms with E-state index in [4.69, 9.17) is 16.3 Å². The third-order valence-corrected chi connectivity index (χ3v) is 3.24. The molecule has 0 amide bonds. The second kappa shape index (κ2) is 6.05. The molecule has 0 saturated heterocycles. The van der Waals surface area contributed by atoms with Gasteiger partial charge in [0.2, 0.25) is 0 Å². The number of hydrogen-bond donors (Lipinski definition) is 1. The Kier molecular flexibility index (Phi) is 4.39. The molecule has 2 aromatic rings. The Hall–Kier alpha value is -1.88. The Balaban J connectivity index is 2.41. The Morgan fingerprint density at radius 2 is 2.10 bits per heavy atom. The van der Waals surface area contributed by atoms with Crippen molar-refractivity contribution in [1.82, 2.24) is 9.97 Å². The van der Waals surface area contributed by atoms with E-state index in [1.54, 1.807) is 19.1 Å². The summed E-state index contributed by atoms with van der Waals surface area (Å²) in [7, 11) is 1.53. The molecule has 0 unspecified atom stereocenters. The monoisotopic (exact) mass is 295 g/mol. The van der Waals surface area contributed by atoms with Crippen molar-refractivity contribution < 1.29 is 9.13 Å². The highest BCUT2D eigenvalue weighted by Crippen LogP contribution is 2.27. The lowest BCUT2D eigenvalue weighted by Crippen LogP contribution is -2.04. The smallest absolute Gasteiger partial charge is 0.146 e. The number of halogens is 2. The molecule has 6 heteroatoms.